The number of methoxy groups -OCH3 is 1. The molecule has 0 aliphatic carbocycles. The average Bonchev–Trinajstić information content (AvgIpc) is 2.94. The Morgan fingerprint density at radius 3 is 3.00 bits per heavy atom. The van der Waals surface area contributed by atoms with Crippen LogP contribution in [0.4, 0.5) is 11.8 Å². The monoisotopic (exact) mass is 278 g/mol. The Kier molecular flexibility index (Phi) is 4.70. The standard InChI is InChI=1S/C13H18N4OS/c1-3-9-7-16-13(14)17-12(9)15-8-10(18-2)11-5-4-6-19-11/h4-7,10H,3,8H2,1-2H3,(H3,14,15,16,17). The lowest BCUT2D eigenvalue weighted by Crippen LogP contribution is -2.16. The molecule has 19 heavy (non-hydrogen) atoms. The molecule has 0 saturated carbocycles. The van der Waals surface area contributed by atoms with Gasteiger partial charge in [-0.2, -0.15) is 4.98 Å². The Morgan fingerprint density at radius 2 is 2.37 bits per heavy atom. The van der Waals surface area contributed by atoms with Crippen molar-refractivity contribution in [2.45, 2.75) is 19.4 Å². The van der Waals surface area contributed by atoms with Gasteiger partial charge < -0.3 is 15.8 Å². The average molecular weight is 278 g/mol. The van der Waals surface area contributed by atoms with Gasteiger partial charge in [-0.1, -0.05) is 13.0 Å². The summed E-state index contributed by atoms with van der Waals surface area (Å²) in [6, 6.07) is 4.09. The van der Waals surface area contributed by atoms with Crippen molar-refractivity contribution in [3.8, 4) is 0 Å². The molecule has 0 aliphatic rings. The molecule has 0 bridgehead atoms. The first-order chi connectivity index (χ1) is 9.24. The highest BCUT2D eigenvalue weighted by Gasteiger charge is 2.12. The van der Waals surface area contributed by atoms with Crippen LogP contribution in [0, 0.1) is 0 Å². The van der Waals surface area contributed by atoms with Gasteiger partial charge in [-0.3, -0.25) is 0 Å². The molecule has 0 radical (unpaired) electrons. The smallest absolute Gasteiger partial charge is 0.221 e. The van der Waals surface area contributed by atoms with Gasteiger partial charge in [0, 0.05) is 30.3 Å². The maximum Gasteiger partial charge on any atom is 0.221 e. The lowest BCUT2D eigenvalue weighted by atomic mass is 10.2. The van der Waals surface area contributed by atoms with Crippen molar-refractivity contribution in [3.05, 3.63) is 34.2 Å². The van der Waals surface area contributed by atoms with E-state index in [9.17, 15) is 0 Å². The van der Waals surface area contributed by atoms with Gasteiger partial charge >= 0.3 is 0 Å². The topological polar surface area (TPSA) is 73.1 Å². The van der Waals surface area contributed by atoms with Crippen LogP contribution in [0.25, 0.3) is 0 Å². The minimum Gasteiger partial charge on any atom is -0.374 e. The second kappa shape index (κ2) is 6.49. The summed E-state index contributed by atoms with van der Waals surface area (Å²) in [6.45, 7) is 2.72. The number of hydrogen-bond acceptors (Lipinski definition) is 6. The van der Waals surface area contributed by atoms with Crippen LogP contribution in [-0.4, -0.2) is 23.6 Å². The van der Waals surface area contributed by atoms with Gasteiger partial charge in [0.2, 0.25) is 5.95 Å². The van der Waals surface area contributed by atoms with E-state index in [1.807, 2.05) is 11.4 Å². The second-order valence-electron chi connectivity index (χ2n) is 4.08. The molecule has 5 nitrogen and oxygen atoms in total. The van der Waals surface area contributed by atoms with Crippen LogP contribution < -0.4 is 11.1 Å². The van der Waals surface area contributed by atoms with E-state index in [1.54, 1.807) is 24.6 Å². The van der Waals surface area contributed by atoms with Crippen molar-refractivity contribution in [2.24, 2.45) is 0 Å². The van der Waals surface area contributed by atoms with Crippen LogP contribution in [0.15, 0.2) is 23.7 Å². The quantitative estimate of drug-likeness (QED) is 0.849. The third-order valence-electron chi connectivity index (χ3n) is 2.86. The molecule has 3 N–H and O–H groups in total. The third-order valence-corrected chi connectivity index (χ3v) is 3.83. The van der Waals surface area contributed by atoms with Crippen molar-refractivity contribution >= 4 is 23.1 Å². The number of aryl methyl sites for hydroxylation is 1. The molecule has 1 unspecified atom stereocenters. The minimum atomic E-state index is 0.0147. The van der Waals surface area contributed by atoms with E-state index >= 15 is 0 Å². The Bertz CT molecular complexity index is 515. The van der Waals surface area contributed by atoms with E-state index in [0.717, 1.165) is 17.8 Å². The first-order valence-corrected chi connectivity index (χ1v) is 7.04. The van der Waals surface area contributed by atoms with Crippen LogP contribution in [-0.2, 0) is 11.2 Å². The largest absolute Gasteiger partial charge is 0.374 e. The summed E-state index contributed by atoms with van der Waals surface area (Å²) in [5.74, 6) is 1.07. The van der Waals surface area contributed by atoms with Gasteiger partial charge in [-0.05, 0) is 17.9 Å². The van der Waals surface area contributed by atoms with Crippen molar-refractivity contribution in [2.75, 3.05) is 24.7 Å². The van der Waals surface area contributed by atoms with Crippen LogP contribution in [0.2, 0.25) is 0 Å². The number of ether oxygens (including phenoxy) is 1. The minimum absolute atomic E-state index is 0.0147. The van der Waals surface area contributed by atoms with Crippen LogP contribution in [0.3, 0.4) is 0 Å². The van der Waals surface area contributed by atoms with E-state index in [2.05, 4.69) is 28.3 Å². The number of nitrogens with two attached hydrogens (primary N) is 1. The highest BCUT2D eigenvalue weighted by Crippen LogP contribution is 2.23. The van der Waals surface area contributed by atoms with Crippen molar-refractivity contribution in [1.29, 1.82) is 0 Å². The summed E-state index contributed by atoms with van der Waals surface area (Å²) in [6.07, 6.45) is 2.64. The zero-order chi connectivity index (χ0) is 13.7. The molecule has 6 heteroatoms. The van der Waals surface area contributed by atoms with Crippen molar-refractivity contribution in [3.63, 3.8) is 0 Å². The molecule has 2 aromatic heterocycles. The van der Waals surface area contributed by atoms with Crippen LogP contribution >= 0.6 is 11.3 Å². The molecule has 1 atom stereocenters. The summed E-state index contributed by atoms with van der Waals surface area (Å²) in [5.41, 5.74) is 6.68. The lowest BCUT2D eigenvalue weighted by molar-refractivity contribution is 0.117. The highest BCUT2D eigenvalue weighted by molar-refractivity contribution is 7.10. The van der Waals surface area contributed by atoms with E-state index in [0.29, 0.717) is 6.54 Å². The maximum atomic E-state index is 5.62. The predicted molar refractivity (Wildman–Crippen MR) is 78.4 cm³/mol. The molecule has 102 valence electrons. The van der Waals surface area contributed by atoms with E-state index in [-0.39, 0.29) is 12.1 Å². The summed E-state index contributed by atoms with van der Waals surface area (Å²) in [4.78, 5) is 9.43. The van der Waals surface area contributed by atoms with Crippen molar-refractivity contribution < 1.29 is 4.74 Å². The van der Waals surface area contributed by atoms with E-state index in [4.69, 9.17) is 10.5 Å². The van der Waals surface area contributed by atoms with E-state index < -0.39 is 0 Å². The van der Waals surface area contributed by atoms with Crippen LogP contribution in [0.5, 0.6) is 0 Å². The maximum absolute atomic E-state index is 5.62. The fraction of sp³-hybridized carbons (Fsp3) is 0.385. The summed E-state index contributed by atoms with van der Waals surface area (Å²) < 4.78 is 5.49. The van der Waals surface area contributed by atoms with Gasteiger partial charge in [0.05, 0.1) is 0 Å². The Labute approximate surface area is 116 Å². The Hall–Kier alpha value is -1.66. The van der Waals surface area contributed by atoms with E-state index in [1.165, 1.54) is 4.88 Å². The first-order valence-electron chi connectivity index (χ1n) is 6.16. The molecule has 0 fully saturated rings. The normalized spacial score (nSPS) is 12.3. The first kappa shape index (κ1) is 13.8. The fourth-order valence-electron chi connectivity index (χ4n) is 1.80. The SMILES string of the molecule is CCc1cnc(N)nc1NCC(OC)c1cccs1. The zero-order valence-corrected chi connectivity index (χ0v) is 11.9. The summed E-state index contributed by atoms with van der Waals surface area (Å²) >= 11 is 1.68. The molecule has 0 saturated heterocycles. The fourth-order valence-corrected chi connectivity index (χ4v) is 2.60. The Morgan fingerprint density at radius 1 is 1.53 bits per heavy atom. The molecule has 0 aliphatic heterocycles. The number of rotatable bonds is 6. The second-order valence-corrected chi connectivity index (χ2v) is 5.06. The molecule has 2 rings (SSSR count). The number of anilines is 2. The molecule has 2 aromatic rings. The summed E-state index contributed by atoms with van der Waals surface area (Å²) in [5, 5.41) is 5.34. The third kappa shape index (κ3) is 3.42. The number of nitrogen functional groups attached to an aromatic ring is 1. The number of aromatic nitrogens is 2. The van der Waals surface area contributed by atoms with Gasteiger partial charge in [-0.25, -0.2) is 4.98 Å². The number of hydrogen-bond donors (Lipinski definition) is 2. The number of nitrogens with one attached hydrogen (secondary N) is 1. The molecule has 0 amide bonds. The van der Waals surface area contributed by atoms with Crippen LogP contribution in [0.1, 0.15) is 23.5 Å². The highest BCUT2D eigenvalue weighted by atomic mass is 32.1. The molecule has 0 aromatic carbocycles. The molecule has 0 spiro atoms. The van der Waals surface area contributed by atoms with Gasteiger partial charge in [0.25, 0.3) is 0 Å². The number of nitrogens with zero attached hydrogens (tertiary/aromatic N) is 2. The molecular weight excluding hydrogens is 260 g/mol. The predicted octanol–water partition coefficient (Wildman–Crippen LogP) is 2.48. The summed E-state index contributed by atoms with van der Waals surface area (Å²) in [7, 11) is 1.71. The molecule has 2 heterocycles. The Balaban J connectivity index is 2.07. The zero-order valence-electron chi connectivity index (χ0n) is 11.1. The molecular formula is C13H18N4OS. The van der Waals surface area contributed by atoms with Gasteiger partial charge in [-0.15, -0.1) is 11.3 Å². The van der Waals surface area contributed by atoms with Gasteiger partial charge in [0.1, 0.15) is 11.9 Å². The van der Waals surface area contributed by atoms with Crippen molar-refractivity contribution in [1.82, 2.24) is 9.97 Å². The van der Waals surface area contributed by atoms with Gasteiger partial charge in [0.15, 0.2) is 0 Å². The number of thiophene rings is 1. The lowest BCUT2D eigenvalue weighted by Gasteiger charge is -2.16.